The molecule has 1 amide bonds. The van der Waals surface area contributed by atoms with E-state index in [0.29, 0.717) is 17.9 Å². The van der Waals surface area contributed by atoms with Crippen LogP contribution >= 0.6 is 0 Å². The van der Waals surface area contributed by atoms with Crippen LogP contribution in [0.1, 0.15) is 16.1 Å². The zero-order valence-electron chi connectivity index (χ0n) is 11.4. The molecular formula is C17H15N3O. The first-order chi connectivity index (χ1) is 10.2. The van der Waals surface area contributed by atoms with E-state index in [1.807, 2.05) is 54.6 Å². The molecule has 0 radical (unpaired) electrons. The quantitative estimate of drug-likeness (QED) is 0.723. The van der Waals surface area contributed by atoms with Gasteiger partial charge in [0.15, 0.2) is 0 Å². The fraction of sp³-hybridized carbons (Fsp3) is 0.0588. The van der Waals surface area contributed by atoms with Crippen LogP contribution in [-0.4, -0.2) is 10.9 Å². The fourth-order valence-electron chi connectivity index (χ4n) is 2.27. The first-order valence-corrected chi connectivity index (χ1v) is 6.70. The van der Waals surface area contributed by atoms with Gasteiger partial charge in [-0.05, 0) is 29.1 Å². The predicted molar refractivity (Wildman–Crippen MR) is 83.8 cm³/mol. The van der Waals surface area contributed by atoms with E-state index in [9.17, 15) is 4.79 Å². The highest BCUT2D eigenvalue weighted by molar-refractivity contribution is 6.05. The third kappa shape index (κ3) is 2.84. The molecular weight excluding hydrogens is 262 g/mol. The van der Waals surface area contributed by atoms with Crippen LogP contribution in [0.5, 0.6) is 0 Å². The van der Waals surface area contributed by atoms with Gasteiger partial charge in [0.25, 0.3) is 5.91 Å². The molecule has 0 aliphatic rings. The summed E-state index contributed by atoms with van der Waals surface area (Å²) in [5.74, 6) is -0.186. The zero-order chi connectivity index (χ0) is 14.7. The molecule has 0 bridgehead atoms. The van der Waals surface area contributed by atoms with Crippen molar-refractivity contribution in [2.45, 2.75) is 6.54 Å². The smallest absolute Gasteiger partial charge is 0.270 e. The number of nitrogen functional groups attached to an aromatic ring is 1. The lowest BCUT2D eigenvalue weighted by Gasteiger charge is -2.07. The standard InChI is InChI=1S/C17H15N3O/c18-14-6-3-4-12(10-14)11-20-17(21)16-15-7-2-1-5-13(15)8-9-19-16/h1-10H,11,18H2,(H,20,21). The number of aromatic nitrogens is 1. The summed E-state index contributed by atoms with van der Waals surface area (Å²) >= 11 is 0. The third-order valence-corrected chi connectivity index (χ3v) is 3.29. The van der Waals surface area contributed by atoms with Crippen molar-refractivity contribution in [2.24, 2.45) is 0 Å². The average molecular weight is 277 g/mol. The maximum atomic E-state index is 12.3. The number of nitrogens with two attached hydrogens (primary N) is 1. The Hall–Kier alpha value is -2.88. The van der Waals surface area contributed by atoms with E-state index in [1.54, 1.807) is 6.20 Å². The summed E-state index contributed by atoms with van der Waals surface area (Å²) in [6.45, 7) is 0.425. The van der Waals surface area contributed by atoms with Crippen LogP contribution in [0.4, 0.5) is 5.69 Å². The molecule has 2 aromatic carbocycles. The maximum absolute atomic E-state index is 12.3. The minimum absolute atomic E-state index is 0.186. The minimum atomic E-state index is -0.186. The van der Waals surface area contributed by atoms with Crippen molar-refractivity contribution in [3.63, 3.8) is 0 Å². The lowest BCUT2D eigenvalue weighted by molar-refractivity contribution is 0.0948. The number of anilines is 1. The summed E-state index contributed by atoms with van der Waals surface area (Å²) in [6.07, 6.45) is 1.65. The highest BCUT2D eigenvalue weighted by Gasteiger charge is 2.10. The molecule has 0 unspecified atom stereocenters. The Kier molecular flexibility index (Phi) is 3.51. The molecule has 0 atom stereocenters. The summed E-state index contributed by atoms with van der Waals surface area (Å²) in [7, 11) is 0. The normalized spacial score (nSPS) is 10.5. The second-order valence-corrected chi connectivity index (χ2v) is 4.81. The first kappa shape index (κ1) is 13.1. The SMILES string of the molecule is Nc1cccc(CNC(=O)c2nccc3ccccc23)c1. The Bertz CT molecular complexity index is 793. The number of carbonyl (C=O) groups is 1. The topological polar surface area (TPSA) is 68.0 Å². The van der Waals surface area contributed by atoms with E-state index >= 15 is 0 Å². The van der Waals surface area contributed by atoms with Crippen LogP contribution in [0.25, 0.3) is 10.8 Å². The summed E-state index contributed by atoms with van der Waals surface area (Å²) < 4.78 is 0. The number of fused-ring (bicyclic) bond motifs is 1. The van der Waals surface area contributed by atoms with Crippen molar-refractivity contribution in [1.29, 1.82) is 0 Å². The maximum Gasteiger partial charge on any atom is 0.270 e. The molecule has 3 rings (SSSR count). The van der Waals surface area contributed by atoms with Gasteiger partial charge in [-0.1, -0.05) is 36.4 Å². The number of carbonyl (C=O) groups excluding carboxylic acids is 1. The highest BCUT2D eigenvalue weighted by Crippen LogP contribution is 2.16. The van der Waals surface area contributed by atoms with Crippen molar-refractivity contribution in [3.05, 3.63) is 72.1 Å². The van der Waals surface area contributed by atoms with E-state index in [4.69, 9.17) is 5.73 Å². The number of pyridine rings is 1. The van der Waals surface area contributed by atoms with Gasteiger partial charge < -0.3 is 11.1 Å². The summed E-state index contributed by atoms with van der Waals surface area (Å²) in [5, 5.41) is 4.73. The van der Waals surface area contributed by atoms with Gasteiger partial charge in [0.2, 0.25) is 0 Å². The van der Waals surface area contributed by atoms with E-state index in [-0.39, 0.29) is 5.91 Å². The molecule has 0 fully saturated rings. The largest absolute Gasteiger partial charge is 0.399 e. The number of hydrogen-bond donors (Lipinski definition) is 2. The Balaban J connectivity index is 1.81. The molecule has 21 heavy (non-hydrogen) atoms. The van der Waals surface area contributed by atoms with Gasteiger partial charge in [-0.3, -0.25) is 9.78 Å². The van der Waals surface area contributed by atoms with Crippen LogP contribution in [0, 0.1) is 0 Å². The lowest BCUT2D eigenvalue weighted by Crippen LogP contribution is -2.24. The molecule has 4 heteroatoms. The van der Waals surface area contributed by atoms with Gasteiger partial charge in [0.05, 0.1) is 0 Å². The van der Waals surface area contributed by atoms with Crippen LogP contribution in [-0.2, 0) is 6.54 Å². The molecule has 0 aliphatic heterocycles. The van der Waals surface area contributed by atoms with Crippen molar-refractivity contribution >= 4 is 22.4 Å². The summed E-state index contributed by atoms with van der Waals surface area (Å²) in [6, 6.07) is 17.1. The number of rotatable bonds is 3. The van der Waals surface area contributed by atoms with E-state index in [1.165, 1.54) is 0 Å². The van der Waals surface area contributed by atoms with Crippen LogP contribution in [0.3, 0.4) is 0 Å². The van der Waals surface area contributed by atoms with Crippen molar-refractivity contribution in [2.75, 3.05) is 5.73 Å². The van der Waals surface area contributed by atoms with Crippen molar-refractivity contribution in [3.8, 4) is 0 Å². The van der Waals surface area contributed by atoms with Crippen LogP contribution < -0.4 is 11.1 Å². The molecule has 4 nitrogen and oxygen atoms in total. The number of benzene rings is 2. The minimum Gasteiger partial charge on any atom is -0.399 e. The molecule has 0 saturated carbocycles. The summed E-state index contributed by atoms with van der Waals surface area (Å²) in [4.78, 5) is 16.5. The second-order valence-electron chi connectivity index (χ2n) is 4.81. The number of nitrogens with one attached hydrogen (secondary N) is 1. The highest BCUT2D eigenvalue weighted by atomic mass is 16.1. The van der Waals surface area contributed by atoms with Crippen LogP contribution in [0.2, 0.25) is 0 Å². The van der Waals surface area contributed by atoms with E-state index in [0.717, 1.165) is 16.3 Å². The molecule has 3 aromatic rings. The molecule has 104 valence electrons. The van der Waals surface area contributed by atoms with E-state index < -0.39 is 0 Å². The Morgan fingerprint density at radius 3 is 2.81 bits per heavy atom. The molecule has 3 N–H and O–H groups in total. The number of hydrogen-bond acceptors (Lipinski definition) is 3. The van der Waals surface area contributed by atoms with Gasteiger partial charge in [0, 0.05) is 23.8 Å². The Morgan fingerprint density at radius 2 is 1.95 bits per heavy atom. The predicted octanol–water partition coefficient (Wildman–Crippen LogP) is 2.75. The molecule has 0 spiro atoms. The first-order valence-electron chi connectivity index (χ1n) is 6.70. The van der Waals surface area contributed by atoms with Crippen molar-refractivity contribution in [1.82, 2.24) is 10.3 Å². The molecule has 1 heterocycles. The monoisotopic (exact) mass is 277 g/mol. The van der Waals surface area contributed by atoms with Crippen LogP contribution in [0.15, 0.2) is 60.8 Å². The summed E-state index contributed by atoms with van der Waals surface area (Å²) in [5.41, 5.74) is 7.81. The number of nitrogens with zero attached hydrogens (tertiary/aromatic N) is 1. The fourth-order valence-corrected chi connectivity index (χ4v) is 2.27. The third-order valence-electron chi connectivity index (χ3n) is 3.29. The Labute approximate surface area is 122 Å². The van der Waals surface area contributed by atoms with Crippen molar-refractivity contribution < 1.29 is 4.79 Å². The van der Waals surface area contributed by atoms with Gasteiger partial charge in [-0.2, -0.15) is 0 Å². The Morgan fingerprint density at radius 1 is 1.10 bits per heavy atom. The molecule has 0 saturated heterocycles. The zero-order valence-corrected chi connectivity index (χ0v) is 11.4. The van der Waals surface area contributed by atoms with Gasteiger partial charge in [-0.25, -0.2) is 0 Å². The molecule has 1 aromatic heterocycles. The number of amides is 1. The second kappa shape index (κ2) is 5.63. The van der Waals surface area contributed by atoms with Gasteiger partial charge in [-0.15, -0.1) is 0 Å². The van der Waals surface area contributed by atoms with E-state index in [2.05, 4.69) is 10.3 Å². The average Bonchev–Trinajstić information content (AvgIpc) is 2.52. The van der Waals surface area contributed by atoms with Gasteiger partial charge >= 0.3 is 0 Å². The lowest BCUT2D eigenvalue weighted by atomic mass is 10.1. The van der Waals surface area contributed by atoms with Gasteiger partial charge in [0.1, 0.15) is 5.69 Å². The molecule has 0 aliphatic carbocycles.